The number of hydrogen-bond acceptors (Lipinski definition) is 2. The number of benzene rings is 1. The van der Waals surface area contributed by atoms with Gasteiger partial charge in [-0.05, 0) is 19.1 Å². The summed E-state index contributed by atoms with van der Waals surface area (Å²) in [5, 5.41) is 9.26. The van der Waals surface area contributed by atoms with Gasteiger partial charge in [0.2, 0.25) is 0 Å². The van der Waals surface area contributed by atoms with Crippen molar-refractivity contribution in [2.24, 2.45) is 0 Å². The molecule has 0 N–H and O–H groups in total. The largest absolute Gasteiger partial charge is 0.432 e. The zero-order valence-corrected chi connectivity index (χ0v) is 12.3. The molecular weight excluding hydrogens is 328 g/mol. The van der Waals surface area contributed by atoms with E-state index in [9.17, 15) is 13.2 Å². The van der Waals surface area contributed by atoms with Crippen molar-refractivity contribution in [3.05, 3.63) is 33.4 Å². The van der Waals surface area contributed by atoms with Gasteiger partial charge in [0.25, 0.3) is 0 Å². The molecule has 112 valence electrons. The maximum absolute atomic E-state index is 13.3. The van der Waals surface area contributed by atoms with E-state index in [0.29, 0.717) is 0 Å². The van der Waals surface area contributed by atoms with Crippen molar-refractivity contribution in [2.75, 3.05) is 6.61 Å². The highest BCUT2D eigenvalue weighted by Gasteiger charge is 2.40. The van der Waals surface area contributed by atoms with Gasteiger partial charge in [0.15, 0.2) is 0 Å². The lowest BCUT2D eigenvalue weighted by Crippen LogP contribution is -2.16. The summed E-state index contributed by atoms with van der Waals surface area (Å²) < 4.78 is 45.8. The molecule has 3 nitrogen and oxygen atoms in total. The fourth-order valence-electron chi connectivity index (χ4n) is 2.10. The van der Waals surface area contributed by atoms with Gasteiger partial charge in [-0.3, -0.25) is 0 Å². The SMILES string of the molecule is CCOCn1c(C(F)(F)F)c(C#N)c2ccc(Cl)c(Cl)c21. The lowest BCUT2D eigenvalue weighted by molar-refractivity contribution is -0.145. The first-order chi connectivity index (χ1) is 9.82. The maximum atomic E-state index is 13.3. The molecule has 0 fully saturated rings. The second kappa shape index (κ2) is 5.76. The van der Waals surface area contributed by atoms with Crippen LogP contribution in [0.1, 0.15) is 18.2 Å². The van der Waals surface area contributed by atoms with Crippen LogP contribution in [-0.4, -0.2) is 11.2 Å². The summed E-state index contributed by atoms with van der Waals surface area (Å²) in [7, 11) is 0. The van der Waals surface area contributed by atoms with E-state index < -0.39 is 17.4 Å². The first-order valence-electron chi connectivity index (χ1n) is 5.88. The topological polar surface area (TPSA) is 38.0 Å². The van der Waals surface area contributed by atoms with Crippen LogP contribution in [0.2, 0.25) is 10.0 Å². The van der Waals surface area contributed by atoms with Crippen LogP contribution in [-0.2, 0) is 17.6 Å². The molecule has 1 heterocycles. The Hall–Kier alpha value is -1.42. The van der Waals surface area contributed by atoms with E-state index in [1.54, 1.807) is 13.0 Å². The second-order valence-electron chi connectivity index (χ2n) is 4.14. The maximum Gasteiger partial charge on any atom is 0.432 e. The minimum absolute atomic E-state index is 0.0409. The predicted octanol–water partition coefficient (Wildman–Crippen LogP) is 4.83. The average Bonchev–Trinajstić information content (AvgIpc) is 2.74. The van der Waals surface area contributed by atoms with Gasteiger partial charge in [-0.25, -0.2) is 0 Å². The summed E-state index contributed by atoms with van der Waals surface area (Å²) in [5.74, 6) is 0. The van der Waals surface area contributed by atoms with Gasteiger partial charge >= 0.3 is 6.18 Å². The molecule has 2 rings (SSSR count). The van der Waals surface area contributed by atoms with Crippen LogP contribution in [0, 0.1) is 11.3 Å². The number of halogens is 5. The van der Waals surface area contributed by atoms with Crippen molar-refractivity contribution in [2.45, 2.75) is 19.8 Å². The van der Waals surface area contributed by atoms with Gasteiger partial charge in [0, 0.05) is 12.0 Å². The number of rotatable bonds is 3. The van der Waals surface area contributed by atoms with Crippen molar-refractivity contribution >= 4 is 34.1 Å². The summed E-state index contributed by atoms with van der Waals surface area (Å²) in [4.78, 5) is 0. The highest BCUT2D eigenvalue weighted by atomic mass is 35.5. The van der Waals surface area contributed by atoms with Crippen LogP contribution in [0.15, 0.2) is 12.1 Å². The molecule has 0 aliphatic heterocycles. The highest BCUT2D eigenvalue weighted by molar-refractivity contribution is 6.45. The molecule has 0 saturated carbocycles. The molecule has 1 aromatic heterocycles. The molecule has 0 aliphatic rings. The van der Waals surface area contributed by atoms with E-state index in [2.05, 4.69) is 0 Å². The molecule has 0 bridgehead atoms. The Morgan fingerprint density at radius 1 is 1.33 bits per heavy atom. The third-order valence-electron chi connectivity index (χ3n) is 2.92. The predicted molar refractivity (Wildman–Crippen MR) is 73.3 cm³/mol. The minimum atomic E-state index is -4.71. The molecule has 0 atom stereocenters. The minimum Gasteiger partial charge on any atom is -0.361 e. The summed E-state index contributed by atoms with van der Waals surface area (Å²) in [6, 6.07) is 4.30. The third kappa shape index (κ3) is 2.69. The molecular formula is C13H9Cl2F3N2O. The van der Waals surface area contributed by atoms with Gasteiger partial charge in [-0.1, -0.05) is 23.2 Å². The second-order valence-corrected chi connectivity index (χ2v) is 4.93. The van der Waals surface area contributed by atoms with Gasteiger partial charge in [-0.15, -0.1) is 0 Å². The van der Waals surface area contributed by atoms with Crippen molar-refractivity contribution in [1.82, 2.24) is 4.57 Å². The number of ether oxygens (including phenoxy) is 1. The molecule has 1 aromatic carbocycles. The van der Waals surface area contributed by atoms with E-state index in [1.165, 1.54) is 12.1 Å². The quantitative estimate of drug-likeness (QED) is 0.804. The van der Waals surface area contributed by atoms with E-state index in [-0.39, 0.29) is 34.3 Å². The summed E-state index contributed by atoms with van der Waals surface area (Å²) >= 11 is 11.9. The van der Waals surface area contributed by atoms with Gasteiger partial charge in [-0.2, -0.15) is 18.4 Å². The van der Waals surface area contributed by atoms with E-state index in [4.69, 9.17) is 33.2 Å². The Bertz CT molecular complexity index is 732. The number of nitrogens with zero attached hydrogens (tertiary/aromatic N) is 2. The zero-order chi connectivity index (χ0) is 15.8. The Morgan fingerprint density at radius 3 is 2.52 bits per heavy atom. The summed E-state index contributed by atoms with van der Waals surface area (Å²) in [6.07, 6.45) is -4.71. The van der Waals surface area contributed by atoms with Crippen LogP contribution in [0.5, 0.6) is 0 Å². The molecule has 0 amide bonds. The van der Waals surface area contributed by atoms with Crippen LogP contribution < -0.4 is 0 Å². The Kier molecular flexibility index (Phi) is 4.38. The first kappa shape index (κ1) is 16.0. The zero-order valence-electron chi connectivity index (χ0n) is 10.8. The number of fused-ring (bicyclic) bond motifs is 1. The molecule has 0 saturated heterocycles. The van der Waals surface area contributed by atoms with Crippen LogP contribution in [0.3, 0.4) is 0 Å². The van der Waals surface area contributed by atoms with Gasteiger partial charge in [0.05, 0.1) is 21.1 Å². The third-order valence-corrected chi connectivity index (χ3v) is 3.71. The molecule has 21 heavy (non-hydrogen) atoms. The average molecular weight is 337 g/mol. The van der Waals surface area contributed by atoms with Gasteiger partial charge in [0.1, 0.15) is 18.5 Å². The number of nitriles is 1. The van der Waals surface area contributed by atoms with Crippen LogP contribution >= 0.6 is 23.2 Å². The summed E-state index contributed by atoms with van der Waals surface area (Å²) in [6.45, 7) is 1.50. The molecule has 0 unspecified atom stereocenters. The van der Waals surface area contributed by atoms with Crippen LogP contribution in [0.4, 0.5) is 13.2 Å². The Labute approximate surface area is 128 Å². The smallest absolute Gasteiger partial charge is 0.361 e. The normalized spacial score (nSPS) is 11.9. The molecule has 0 spiro atoms. The Morgan fingerprint density at radius 2 is 2.00 bits per heavy atom. The molecule has 2 aromatic rings. The molecule has 8 heteroatoms. The van der Waals surface area contributed by atoms with Crippen molar-refractivity contribution < 1.29 is 17.9 Å². The fourth-order valence-corrected chi connectivity index (χ4v) is 2.52. The monoisotopic (exact) mass is 336 g/mol. The van der Waals surface area contributed by atoms with E-state index in [1.807, 2.05) is 0 Å². The fraction of sp³-hybridized carbons (Fsp3) is 0.308. The van der Waals surface area contributed by atoms with Gasteiger partial charge < -0.3 is 9.30 Å². The van der Waals surface area contributed by atoms with E-state index in [0.717, 1.165) is 4.57 Å². The lowest BCUT2D eigenvalue weighted by Gasteiger charge is -2.13. The highest BCUT2D eigenvalue weighted by Crippen LogP contribution is 2.41. The number of aromatic nitrogens is 1. The first-order valence-corrected chi connectivity index (χ1v) is 6.63. The lowest BCUT2D eigenvalue weighted by atomic mass is 10.1. The van der Waals surface area contributed by atoms with E-state index >= 15 is 0 Å². The van der Waals surface area contributed by atoms with Crippen LogP contribution in [0.25, 0.3) is 10.9 Å². The van der Waals surface area contributed by atoms with Crippen molar-refractivity contribution in [3.8, 4) is 6.07 Å². The van der Waals surface area contributed by atoms with Crippen molar-refractivity contribution in [3.63, 3.8) is 0 Å². The summed E-state index contributed by atoms with van der Waals surface area (Å²) in [5.41, 5.74) is -1.53. The molecule has 0 radical (unpaired) electrons. The number of hydrogen-bond donors (Lipinski definition) is 0. The standard InChI is InChI=1S/C13H9Cl2F3N2O/c1-2-21-6-20-11-7(3-4-9(14)10(11)15)8(5-19)12(20)13(16,17)18/h3-4H,2,6H2,1H3. The number of alkyl halides is 3. The van der Waals surface area contributed by atoms with Crippen molar-refractivity contribution in [1.29, 1.82) is 5.26 Å². The Balaban J connectivity index is 2.92. The molecule has 0 aliphatic carbocycles.